The fraction of sp³-hybridized carbons (Fsp3) is 0.545. The van der Waals surface area contributed by atoms with Gasteiger partial charge in [0.15, 0.2) is 0 Å². The van der Waals surface area contributed by atoms with E-state index in [1.807, 2.05) is 25.3 Å². The highest BCUT2D eigenvalue weighted by Crippen LogP contribution is 2.20. The zero-order valence-electron chi connectivity index (χ0n) is 9.70. The molecule has 90 valence electrons. The van der Waals surface area contributed by atoms with Gasteiger partial charge in [-0.3, -0.25) is 0 Å². The van der Waals surface area contributed by atoms with Crippen molar-refractivity contribution in [3.05, 3.63) is 20.8 Å². The van der Waals surface area contributed by atoms with Gasteiger partial charge < -0.3 is 9.64 Å². The highest BCUT2D eigenvalue weighted by atomic mass is 79.9. The van der Waals surface area contributed by atoms with Gasteiger partial charge in [-0.15, -0.1) is 11.3 Å². The third kappa shape index (κ3) is 4.53. The molecular formula is C11H16BrNO2S. The summed E-state index contributed by atoms with van der Waals surface area (Å²) in [6.45, 7) is 5.10. The number of nitrogens with zero attached hydrogens (tertiary/aromatic N) is 1. The topological polar surface area (TPSA) is 29.5 Å². The minimum Gasteiger partial charge on any atom is -0.449 e. The molecule has 0 saturated heterocycles. The molecule has 0 aliphatic carbocycles. The van der Waals surface area contributed by atoms with E-state index in [0.29, 0.717) is 19.1 Å². The number of carbonyl (C=O) groups is 1. The van der Waals surface area contributed by atoms with E-state index >= 15 is 0 Å². The molecule has 1 aromatic heterocycles. The first-order valence-electron chi connectivity index (χ1n) is 5.10. The molecule has 0 N–H and O–H groups in total. The minimum absolute atomic E-state index is 0.266. The third-order valence-corrected chi connectivity index (χ3v) is 3.55. The maximum Gasteiger partial charge on any atom is 0.409 e. The van der Waals surface area contributed by atoms with Crippen molar-refractivity contribution in [3.63, 3.8) is 0 Å². The van der Waals surface area contributed by atoms with E-state index in [1.54, 1.807) is 23.3 Å². The Morgan fingerprint density at radius 3 is 2.81 bits per heavy atom. The smallest absolute Gasteiger partial charge is 0.409 e. The van der Waals surface area contributed by atoms with Crippen LogP contribution in [-0.2, 0) is 11.3 Å². The highest BCUT2D eigenvalue weighted by Gasteiger charge is 2.12. The molecule has 0 unspecified atom stereocenters. The van der Waals surface area contributed by atoms with Gasteiger partial charge in [-0.1, -0.05) is 13.8 Å². The van der Waals surface area contributed by atoms with Crippen molar-refractivity contribution in [2.45, 2.75) is 20.4 Å². The Kier molecular flexibility index (Phi) is 5.28. The van der Waals surface area contributed by atoms with Crippen LogP contribution in [0.1, 0.15) is 18.7 Å². The van der Waals surface area contributed by atoms with Crippen LogP contribution in [0.3, 0.4) is 0 Å². The Labute approximate surface area is 109 Å². The summed E-state index contributed by atoms with van der Waals surface area (Å²) in [4.78, 5) is 14.3. The largest absolute Gasteiger partial charge is 0.449 e. The molecule has 0 bridgehead atoms. The van der Waals surface area contributed by atoms with Crippen molar-refractivity contribution >= 4 is 33.4 Å². The number of hydrogen-bond acceptors (Lipinski definition) is 3. The van der Waals surface area contributed by atoms with Crippen LogP contribution < -0.4 is 0 Å². The molecule has 1 amide bonds. The van der Waals surface area contributed by atoms with Gasteiger partial charge in [0.05, 0.1) is 13.2 Å². The fourth-order valence-corrected chi connectivity index (χ4v) is 2.59. The number of hydrogen-bond donors (Lipinski definition) is 0. The first-order chi connectivity index (χ1) is 7.49. The van der Waals surface area contributed by atoms with Gasteiger partial charge >= 0.3 is 6.09 Å². The van der Waals surface area contributed by atoms with Gasteiger partial charge in [0, 0.05) is 21.8 Å². The second-order valence-electron chi connectivity index (χ2n) is 4.06. The lowest BCUT2D eigenvalue weighted by Gasteiger charge is -2.16. The molecule has 0 saturated carbocycles. The molecule has 1 heterocycles. The summed E-state index contributed by atoms with van der Waals surface area (Å²) in [6.07, 6.45) is -0.266. The average Bonchev–Trinajstić information content (AvgIpc) is 2.60. The molecule has 0 aromatic carbocycles. The molecule has 0 spiro atoms. The predicted molar refractivity (Wildman–Crippen MR) is 69.7 cm³/mol. The zero-order valence-corrected chi connectivity index (χ0v) is 12.1. The van der Waals surface area contributed by atoms with Crippen LogP contribution >= 0.6 is 27.3 Å². The van der Waals surface area contributed by atoms with Crippen LogP contribution in [0.25, 0.3) is 0 Å². The molecule has 1 rings (SSSR count). The van der Waals surface area contributed by atoms with E-state index in [0.717, 1.165) is 9.35 Å². The second-order valence-corrected chi connectivity index (χ2v) is 5.97. The maximum atomic E-state index is 11.6. The SMILES string of the molecule is CC(C)COC(=O)N(C)Cc1cc(Br)cs1. The summed E-state index contributed by atoms with van der Waals surface area (Å²) in [5.41, 5.74) is 0. The fourth-order valence-electron chi connectivity index (χ4n) is 1.08. The van der Waals surface area contributed by atoms with Crippen LogP contribution in [0, 0.1) is 5.92 Å². The van der Waals surface area contributed by atoms with Crippen LogP contribution in [0.4, 0.5) is 4.79 Å². The lowest BCUT2D eigenvalue weighted by Crippen LogP contribution is -2.27. The Bertz CT molecular complexity index is 352. The van der Waals surface area contributed by atoms with Crippen LogP contribution in [0.2, 0.25) is 0 Å². The van der Waals surface area contributed by atoms with Crippen molar-refractivity contribution in [1.82, 2.24) is 4.90 Å². The standard InChI is InChI=1S/C11H16BrNO2S/c1-8(2)6-15-11(14)13(3)5-10-4-9(12)7-16-10/h4,7-8H,5-6H2,1-3H3. The van der Waals surface area contributed by atoms with E-state index in [9.17, 15) is 4.79 Å². The van der Waals surface area contributed by atoms with E-state index < -0.39 is 0 Å². The quantitative estimate of drug-likeness (QED) is 0.848. The number of thiophene rings is 1. The molecule has 0 radical (unpaired) electrons. The van der Waals surface area contributed by atoms with Crippen molar-refractivity contribution < 1.29 is 9.53 Å². The highest BCUT2D eigenvalue weighted by molar-refractivity contribution is 9.10. The zero-order chi connectivity index (χ0) is 12.1. The average molecular weight is 306 g/mol. The summed E-state index contributed by atoms with van der Waals surface area (Å²) >= 11 is 5.01. The van der Waals surface area contributed by atoms with E-state index in [2.05, 4.69) is 15.9 Å². The Morgan fingerprint density at radius 2 is 2.31 bits per heavy atom. The first kappa shape index (κ1) is 13.5. The molecular weight excluding hydrogens is 290 g/mol. The lowest BCUT2D eigenvalue weighted by molar-refractivity contribution is 0.0983. The van der Waals surface area contributed by atoms with Crippen molar-refractivity contribution in [2.24, 2.45) is 5.92 Å². The maximum absolute atomic E-state index is 11.6. The van der Waals surface area contributed by atoms with Gasteiger partial charge in [-0.05, 0) is 27.9 Å². The third-order valence-electron chi connectivity index (χ3n) is 1.87. The monoisotopic (exact) mass is 305 g/mol. The normalized spacial score (nSPS) is 10.6. The summed E-state index contributed by atoms with van der Waals surface area (Å²) in [7, 11) is 1.75. The summed E-state index contributed by atoms with van der Waals surface area (Å²) in [5.74, 6) is 0.369. The lowest BCUT2D eigenvalue weighted by atomic mass is 10.2. The molecule has 0 fully saturated rings. The number of amides is 1. The Balaban J connectivity index is 2.39. The summed E-state index contributed by atoms with van der Waals surface area (Å²) in [6, 6.07) is 2.01. The second kappa shape index (κ2) is 6.25. The van der Waals surface area contributed by atoms with Crippen molar-refractivity contribution in [3.8, 4) is 0 Å². The van der Waals surface area contributed by atoms with Gasteiger partial charge in [-0.25, -0.2) is 4.79 Å². The number of carbonyl (C=O) groups excluding carboxylic acids is 1. The van der Waals surface area contributed by atoms with E-state index in [1.165, 1.54) is 0 Å². The van der Waals surface area contributed by atoms with Gasteiger partial charge in [0.25, 0.3) is 0 Å². The Hall–Kier alpha value is -0.550. The van der Waals surface area contributed by atoms with Gasteiger partial charge in [0.1, 0.15) is 0 Å². The Morgan fingerprint density at radius 1 is 1.62 bits per heavy atom. The summed E-state index contributed by atoms with van der Waals surface area (Å²) < 4.78 is 6.18. The van der Waals surface area contributed by atoms with Crippen molar-refractivity contribution in [1.29, 1.82) is 0 Å². The molecule has 16 heavy (non-hydrogen) atoms. The van der Waals surface area contributed by atoms with E-state index in [4.69, 9.17) is 4.74 Å². The molecule has 3 nitrogen and oxygen atoms in total. The van der Waals surface area contributed by atoms with Crippen LogP contribution in [-0.4, -0.2) is 24.6 Å². The minimum atomic E-state index is -0.266. The van der Waals surface area contributed by atoms with Crippen LogP contribution in [0.5, 0.6) is 0 Å². The molecule has 1 aromatic rings. The van der Waals surface area contributed by atoms with E-state index in [-0.39, 0.29) is 6.09 Å². The molecule has 5 heteroatoms. The number of halogens is 1. The molecule has 0 aliphatic heterocycles. The first-order valence-corrected chi connectivity index (χ1v) is 6.77. The van der Waals surface area contributed by atoms with Crippen LogP contribution in [0.15, 0.2) is 15.9 Å². The number of ether oxygens (including phenoxy) is 1. The van der Waals surface area contributed by atoms with Gasteiger partial charge in [-0.2, -0.15) is 0 Å². The summed E-state index contributed by atoms with van der Waals surface area (Å²) in [5, 5.41) is 2.00. The van der Waals surface area contributed by atoms with Crippen molar-refractivity contribution in [2.75, 3.05) is 13.7 Å². The molecule has 0 atom stereocenters. The number of rotatable bonds is 4. The van der Waals surface area contributed by atoms with Gasteiger partial charge in [0.2, 0.25) is 0 Å². The molecule has 0 aliphatic rings. The predicted octanol–water partition coefficient (Wildman–Crippen LogP) is 3.74.